The zero-order valence-electron chi connectivity index (χ0n) is 14.4. The van der Waals surface area contributed by atoms with Gasteiger partial charge in [0.05, 0.1) is 23.8 Å². The van der Waals surface area contributed by atoms with Gasteiger partial charge in [0.15, 0.2) is 0 Å². The fourth-order valence-electron chi connectivity index (χ4n) is 2.75. The second-order valence-corrected chi connectivity index (χ2v) is 6.13. The van der Waals surface area contributed by atoms with Crippen LogP contribution in [-0.2, 0) is 17.9 Å². The van der Waals surface area contributed by atoms with Gasteiger partial charge in [0.2, 0.25) is 5.91 Å². The van der Waals surface area contributed by atoms with Gasteiger partial charge in [0, 0.05) is 20.0 Å². The minimum Gasteiger partial charge on any atom is -0.464 e. The van der Waals surface area contributed by atoms with Crippen molar-refractivity contribution >= 4 is 16.8 Å². The topological polar surface area (TPSA) is 68.3 Å². The van der Waals surface area contributed by atoms with Crippen LogP contribution in [0.15, 0.2) is 51.9 Å². The number of aromatic nitrogens is 2. The number of carbonyl (C=O) groups is 1. The van der Waals surface area contributed by atoms with E-state index in [1.165, 1.54) is 0 Å². The van der Waals surface area contributed by atoms with Gasteiger partial charge in [-0.15, -0.1) is 0 Å². The number of rotatable bonds is 6. The average molecular weight is 339 g/mol. The summed E-state index contributed by atoms with van der Waals surface area (Å²) < 4.78 is 7.05. The maximum Gasteiger partial charge on any atom is 0.261 e. The van der Waals surface area contributed by atoms with Crippen molar-refractivity contribution < 1.29 is 9.21 Å². The first kappa shape index (κ1) is 17.0. The van der Waals surface area contributed by atoms with E-state index >= 15 is 0 Å². The molecule has 1 aromatic carbocycles. The summed E-state index contributed by atoms with van der Waals surface area (Å²) in [6, 6.07) is 11.0. The number of furan rings is 1. The molecule has 1 amide bonds. The molecule has 0 aliphatic heterocycles. The van der Waals surface area contributed by atoms with Crippen LogP contribution in [0.1, 0.15) is 24.4 Å². The Balaban J connectivity index is 1.56. The van der Waals surface area contributed by atoms with Crippen LogP contribution in [-0.4, -0.2) is 27.4 Å². The van der Waals surface area contributed by atoms with Crippen molar-refractivity contribution in [3.8, 4) is 0 Å². The normalized spacial score (nSPS) is 11.0. The highest BCUT2D eigenvalue weighted by molar-refractivity contribution is 5.77. The van der Waals surface area contributed by atoms with Crippen molar-refractivity contribution in [3.63, 3.8) is 0 Å². The van der Waals surface area contributed by atoms with Crippen molar-refractivity contribution in [2.75, 3.05) is 7.05 Å². The summed E-state index contributed by atoms with van der Waals surface area (Å²) in [6.45, 7) is 2.79. The predicted octanol–water partition coefficient (Wildman–Crippen LogP) is 2.74. The van der Waals surface area contributed by atoms with Gasteiger partial charge in [-0.3, -0.25) is 14.2 Å². The molecule has 0 unspecified atom stereocenters. The van der Waals surface area contributed by atoms with Crippen LogP contribution in [0.2, 0.25) is 0 Å². The number of hydrogen-bond donors (Lipinski definition) is 0. The molecule has 0 spiro atoms. The quantitative estimate of drug-likeness (QED) is 0.692. The Morgan fingerprint density at radius 2 is 2.04 bits per heavy atom. The van der Waals surface area contributed by atoms with Gasteiger partial charge in [-0.25, -0.2) is 4.98 Å². The molecule has 0 N–H and O–H groups in total. The molecule has 3 rings (SSSR count). The Morgan fingerprint density at radius 1 is 1.24 bits per heavy atom. The lowest BCUT2D eigenvalue weighted by Gasteiger charge is -2.16. The Kier molecular flexibility index (Phi) is 4.97. The predicted molar refractivity (Wildman–Crippen MR) is 95.2 cm³/mol. The second kappa shape index (κ2) is 7.34. The van der Waals surface area contributed by atoms with Crippen LogP contribution in [0.25, 0.3) is 10.9 Å². The fraction of sp³-hybridized carbons (Fsp3) is 0.316. The second-order valence-electron chi connectivity index (χ2n) is 6.13. The van der Waals surface area contributed by atoms with E-state index in [1.807, 2.05) is 37.3 Å². The van der Waals surface area contributed by atoms with Crippen LogP contribution < -0.4 is 5.56 Å². The van der Waals surface area contributed by atoms with E-state index in [0.29, 0.717) is 36.8 Å². The molecule has 6 nitrogen and oxygen atoms in total. The Hall–Kier alpha value is -2.89. The molecule has 25 heavy (non-hydrogen) atoms. The first-order chi connectivity index (χ1) is 12.0. The van der Waals surface area contributed by atoms with E-state index in [0.717, 1.165) is 11.5 Å². The summed E-state index contributed by atoms with van der Waals surface area (Å²) in [5.74, 6) is 1.62. The van der Waals surface area contributed by atoms with E-state index in [4.69, 9.17) is 4.42 Å². The van der Waals surface area contributed by atoms with Gasteiger partial charge in [-0.1, -0.05) is 12.1 Å². The summed E-state index contributed by atoms with van der Waals surface area (Å²) in [5.41, 5.74) is 0.616. The first-order valence-electron chi connectivity index (χ1n) is 8.28. The highest BCUT2D eigenvalue weighted by atomic mass is 16.3. The number of aryl methyl sites for hydroxylation is 2. The minimum absolute atomic E-state index is 0.0239. The highest BCUT2D eigenvalue weighted by Crippen LogP contribution is 2.10. The molecule has 0 radical (unpaired) electrons. The summed E-state index contributed by atoms with van der Waals surface area (Å²) in [6.07, 6.45) is 2.50. The number of hydrogen-bond acceptors (Lipinski definition) is 4. The van der Waals surface area contributed by atoms with Gasteiger partial charge in [0.25, 0.3) is 5.56 Å². The maximum absolute atomic E-state index is 12.4. The SMILES string of the molecule is Cc1ccc(CN(C)C(=O)CCCn2cnc3ccccc3c2=O)o1. The molecule has 0 atom stereocenters. The van der Waals surface area contributed by atoms with Gasteiger partial charge < -0.3 is 9.32 Å². The molecule has 0 saturated carbocycles. The number of fused-ring (bicyclic) bond motifs is 1. The summed E-state index contributed by atoms with van der Waals surface area (Å²) in [4.78, 5) is 30.5. The average Bonchev–Trinajstić information content (AvgIpc) is 3.01. The number of nitrogens with zero attached hydrogens (tertiary/aromatic N) is 3. The van der Waals surface area contributed by atoms with Crippen LogP contribution in [0.4, 0.5) is 0 Å². The molecular weight excluding hydrogens is 318 g/mol. The fourth-order valence-corrected chi connectivity index (χ4v) is 2.75. The van der Waals surface area contributed by atoms with E-state index in [2.05, 4.69) is 4.98 Å². The van der Waals surface area contributed by atoms with E-state index in [1.54, 1.807) is 28.9 Å². The smallest absolute Gasteiger partial charge is 0.261 e. The molecule has 0 fully saturated rings. The van der Waals surface area contributed by atoms with Gasteiger partial charge in [-0.2, -0.15) is 0 Å². The van der Waals surface area contributed by atoms with Crippen LogP contribution in [0.5, 0.6) is 0 Å². The number of carbonyl (C=O) groups excluding carboxylic acids is 1. The molecular formula is C19H21N3O3. The Bertz CT molecular complexity index is 942. The maximum atomic E-state index is 12.4. The van der Waals surface area contributed by atoms with E-state index in [9.17, 15) is 9.59 Å². The summed E-state index contributed by atoms with van der Waals surface area (Å²) in [5, 5.41) is 0.599. The van der Waals surface area contributed by atoms with Gasteiger partial charge in [0.1, 0.15) is 11.5 Å². The van der Waals surface area contributed by atoms with Gasteiger partial charge in [-0.05, 0) is 37.6 Å². The third-order valence-electron chi connectivity index (χ3n) is 4.14. The zero-order valence-corrected chi connectivity index (χ0v) is 14.4. The largest absolute Gasteiger partial charge is 0.464 e. The molecule has 2 aromatic heterocycles. The number of para-hydroxylation sites is 1. The molecule has 0 saturated heterocycles. The van der Waals surface area contributed by atoms with Crippen molar-refractivity contribution in [3.05, 3.63) is 64.6 Å². The van der Waals surface area contributed by atoms with Crippen molar-refractivity contribution in [2.45, 2.75) is 32.9 Å². The lowest BCUT2D eigenvalue weighted by molar-refractivity contribution is -0.130. The van der Waals surface area contributed by atoms with E-state index < -0.39 is 0 Å². The van der Waals surface area contributed by atoms with Crippen LogP contribution in [0.3, 0.4) is 0 Å². The zero-order chi connectivity index (χ0) is 17.8. The Morgan fingerprint density at radius 3 is 2.80 bits per heavy atom. The lowest BCUT2D eigenvalue weighted by Crippen LogP contribution is -2.27. The summed E-state index contributed by atoms with van der Waals surface area (Å²) in [7, 11) is 1.75. The van der Waals surface area contributed by atoms with Crippen molar-refractivity contribution in [1.29, 1.82) is 0 Å². The molecule has 0 bridgehead atoms. The Labute approximate surface area is 145 Å². The number of amides is 1. The standard InChI is InChI=1S/C19H21N3O3/c1-14-9-10-15(25-14)12-21(2)18(23)8-5-11-22-13-20-17-7-4-3-6-16(17)19(22)24/h3-4,6-7,9-10,13H,5,8,11-12H2,1-2H3. The van der Waals surface area contributed by atoms with Crippen molar-refractivity contribution in [1.82, 2.24) is 14.5 Å². The van der Waals surface area contributed by atoms with E-state index in [-0.39, 0.29) is 11.5 Å². The molecule has 3 aromatic rings. The first-order valence-corrected chi connectivity index (χ1v) is 8.28. The molecule has 6 heteroatoms. The van der Waals surface area contributed by atoms with Crippen molar-refractivity contribution in [2.24, 2.45) is 0 Å². The minimum atomic E-state index is -0.0718. The third-order valence-corrected chi connectivity index (χ3v) is 4.14. The number of benzene rings is 1. The highest BCUT2D eigenvalue weighted by Gasteiger charge is 2.11. The van der Waals surface area contributed by atoms with Gasteiger partial charge >= 0.3 is 0 Å². The lowest BCUT2D eigenvalue weighted by atomic mass is 10.2. The molecule has 130 valence electrons. The van der Waals surface area contributed by atoms with Crippen LogP contribution in [0, 0.1) is 6.92 Å². The molecule has 2 heterocycles. The monoisotopic (exact) mass is 339 g/mol. The third kappa shape index (κ3) is 3.96. The van der Waals surface area contributed by atoms with Crippen LogP contribution >= 0.6 is 0 Å². The molecule has 0 aliphatic rings. The molecule has 0 aliphatic carbocycles. The summed E-state index contributed by atoms with van der Waals surface area (Å²) >= 11 is 0.